The molecule has 0 saturated heterocycles. The van der Waals surface area contributed by atoms with Crippen LogP contribution in [0.15, 0.2) is 12.2 Å². The van der Waals surface area contributed by atoms with Crippen molar-refractivity contribution < 1.29 is 14.4 Å². The lowest BCUT2D eigenvalue weighted by atomic mass is 10.4. The lowest BCUT2D eigenvalue weighted by Crippen LogP contribution is -2.40. The van der Waals surface area contributed by atoms with Crippen molar-refractivity contribution in [2.24, 2.45) is 0 Å². The van der Waals surface area contributed by atoms with Crippen LogP contribution in [0.4, 0.5) is 0 Å². The molecule has 70 valence electrons. The first-order chi connectivity index (χ1) is 6.15. The van der Waals surface area contributed by atoms with Gasteiger partial charge in [-0.3, -0.25) is 19.3 Å². The summed E-state index contributed by atoms with van der Waals surface area (Å²) >= 11 is 0. The fraction of sp³-hybridized carbons (Fsp3) is 0.375. The summed E-state index contributed by atoms with van der Waals surface area (Å²) in [6.07, 6.45) is 2.70. The van der Waals surface area contributed by atoms with Gasteiger partial charge in [-0.25, -0.2) is 0 Å². The van der Waals surface area contributed by atoms with Gasteiger partial charge in [0, 0.05) is 18.6 Å². The van der Waals surface area contributed by atoms with Crippen LogP contribution < -0.4 is 5.32 Å². The van der Waals surface area contributed by atoms with Gasteiger partial charge < -0.3 is 5.32 Å². The minimum atomic E-state index is -0.388. The minimum absolute atomic E-state index is 0.0443. The molecule has 1 rings (SSSR count). The maximum atomic E-state index is 11.0. The van der Waals surface area contributed by atoms with Gasteiger partial charge >= 0.3 is 0 Å². The third-order valence-corrected chi connectivity index (χ3v) is 1.66. The van der Waals surface area contributed by atoms with Crippen LogP contribution in [0.25, 0.3) is 0 Å². The number of rotatable bonds is 3. The van der Waals surface area contributed by atoms with Crippen molar-refractivity contribution >= 4 is 17.7 Å². The quantitative estimate of drug-likeness (QED) is 0.592. The SMILES string of the molecule is CCC(=O)NCN1C(=O)C=CC1=O. The van der Waals surface area contributed by atoms with E-state index in [2.05, 4.69) is 5.32 Å². The zero-order chi connectivity index (χ0) is 9.84. The second-order valence-corrected chi connectivity index (χ2v) is 2.55. The van der Waals surface area contributed by atoms with Crippen molar-refractivity contribution in [2.75, 3.05) is 6.67 Å². The van der Waals surface area contributed by atoms with Crippen molar-refractivity contribution in [3.05, 3.63) is 12.2 Å². The molecule has 5 nitrogen and oxygen atoms in total. The summed E-state index contributed by atoms with van der Waals surface area (Å²) < 4.78 is 0. The number of imide groups is 1. The Hall–Kier alpha value is -1.65. The first kappa shape index (κ1) is 9.44. The van der Waals surface area contributed by atoms with Crippen LogP contribution in [0.1, 0.15) is 13.3 Å². The molecule has 0 saturated carbocycles. The third-order valence-electron chi connectivity index (χ3n) is 1.66. The molecular weight excluding hydrogens is 172 g/mol. The molecular formula is C8H10N2O3. The fourth-order valence-corrected chi connectivity index (χ4v) is 0.879. The highest BCUT2D eigenvalue weighted by atomic mass is 16.2. The van der Waals surface area contributed by atoms with Gasteiger partial charge in [0.1, 0.15) is 6.67 Å². The normalized spacial score (nSPS) is 15.3. The van der Waals surface area contributed by atoms with Crippen LogP contribution in [-0.2, 0) is 14.4 Å². The highest BCUT2D eigenvalue weighted by molar-refractivity contribution is 6.12. The Kier molecular flexibility index (Phi) is 2.79. The maximum absolute atomic E-state index is 11.0. The number of hydrogen-bond acceptors (Lipinski definition) is 3. The molecule has 0 fully saturated rings. The third kappa shape index (κ3) is 2.14. The number of nitrogens with zero attached hydrogens (tertiary/aromatic N) is 1. The second-order valence-electron chi connectivity index (χ2n) is 2.55. The van der Waals surface area contributed by atoms with Gasteiger partial charge in [0.25, 0.3) is 11.8 Å². The Morgan fingerprint density at radius 1 is 1.38 bits per heavy atom. The van der Waals surface area contributed by atoms with Crippen molar-refractivity contribution in [3.8, 4) is 0 Å². The molecule has 1 heterocycles. The van der Waals surface area contributed by atoms with E-state index >= 15 is 0 Å². The van der Waals surface area contributed by atoms with Crippen molar-refractivity contribution in [1.29, 1.82) is 0 Å². The van der Waals surface area contributed by atoms with E-state index in [1.165, 1.54) is 12.2 Å². The van der Waals surface area contributed by atoms with Gasteiger partial charge in [0.15, 0.2) is 0 Å². The summed E-state index contributed by atoms with van der Waals surface area (Å²) in [5.74, 6) is -0.963. The molecule has 0 aromatic heterocycles. The van der Waals surface area contributed by atoms with Crippen LogP contribution >= 0.6 is 0 Å². The molecule has 1 aliphatic rings. The van der Waals surface area contributed by atoms with Gasteiger partial charge in [0.05, 0.1) is 0 Å². The van der Waals surface area contributed by atoms with E-state index in [0.29, 0.717) is 6.42 Å². The van der Waals surface area contributed by atoms with E-state index in [-0.39, 0.29) is 24.4 Å². The van der Waals surface area contributed by atoms with Crippen molar-refractivity contribution in [3.63, 3.8) is 0 Å². The predicted molar refractivity (Wildman–Crippen MR) is 44.3 cm³/mol. The second kappa shape index (κ2) is 3.84. The lowest BCUT2D eigenvalue weighted by molar-refractivity contribution is -0.137. The highest BCUT2D eigenvalue weighted by Crippen LogP contribution is 2.00. The summed E-state index contributed by atoms with van der Waals surface area (Å²) in [5.41, 5.74) is 0. The molecule has 13 heavy (non-hydrogen) atoms. The lowest BCUT2D eigenvalue weighted by Gasteiger charge is -2.13. The Balaban J connectivity index is 2.42. The monoisotopic (exact) mass is 182 g/mol. The largest absolute Gasteiger partial charge is 0.338 e. The van der Waals surface area contributed by atoms with Gasteiger partial charge in [-0.1, -0.05) is 6.92 Å². The van der Waals surface area contributed by atoms with E-state index in [1.807, 2.05) is 0 Å². The minimum Gasteiger partial charge on any atom is -0.338 e. The Morgan fingerprint density at radius 3 is 2.38 bits per heavy atom. The zero-order valence-electron chi connectivity index (χ0n) is 7.24. The zero-order valence-corrected chi connectivity index (χ0v) is 7.24. The van der Waals surface area contributed by atoms with Crippen molar-refractivity contribution in [2.45, 2.75) is 13.3 Å². The van der Waals surface area contributed by atoms with Gasteiger partial charge in [-0.2, -0.15) is 0 Å². The molecule has 3 amide bonds. The van der Waals surface area contributed by atoms with Crippen LogP contribution in [0.5, 0.6) is 0 Å². The average molecular weight is 182 g/mol. The number of carbonyl (C=O) groups is 3. The number of carbonyl (C=O) groups excluding carboxylic acids is 3. The van der Waals surface area contributed by atoms with Crippen LogP contribution in [0, 0.1) is 0 Å². The Labute approximate surface area is 75.4 Å². The smallest absolute Gasteiger partial charge is 0.255 e. The summed E-state index contributed by atoms with van der Waals surface area (Å²) in [4.78, 5) is 33.7. The average Bonchev–Trinajstić information content (AvgIpc) is 2.43. The number of nitrogens with one attached hydrogen (secondary N) is 1. The maximum Gasteiger partial charge on any atom is 0.255 e. The molecule has 0 radical (unpaired) electrons. The molecule has 1 N–H and O–H groups in total. The van der Waals surface area contributed by atoms with Gasteiger partial charge in [0.2, 0.25) is 5.91 Å². The summed E-state index contributed by atoms with van der Waals surface area (Å²) in [6.45, 7) is 1.65. The molecule has 0 bridgehead atoms. The highest BCUT2D eigenvalue weighted by Gasteiger charge is 2.22. The molecule has 0 aromatic carbocycles. The van der Waals surface area contributed by atoms with Crippen LogP contribution in [-0.4, -0.2) is 29.3 Å². The van der Waals surface area contributed by atoms with E-state index in [9.17, 15) is 14.4 Å². The summed E-state index contributed by atoms with van der Waals surface area (Å²) in [7, 11) is 0. The molecule has 0 spiro atoms. The summed E-state index contributed by atoms with van der Waals surface area (Å²) in [5, 5.41) is 2.44. The Bertz CT molecular complexity index is 265. The van der Waals surface area contributed by atoms with Crippen molar-refractivity contribution in [1.82, 2.24) is 10.2 Å². The first-order valence-corrected chi connectivity index (χ1v) is 3.95. The van der Waals surface area contributed by atoms with E-state index in [1.54, 1.807) is 6.92 Å². The Morgan fingerprint density at radius 2 is 1.92 bits per heavy atom. The summed E-state index contributed by atoms with van der Waals surface area (Å²) in [6, 6.07) is 0. The molecule has 0 atom stereocenters. The van der Waals surface area contributed by atoms with E-state index in [0.717, 1.165) is 4.90 Å². The van der Waals surface area contributed by atoms with E-state index in [4.69, 9.17) is 0 Å². The van der Waals surface area contributed by atoms with Gasteiger partial charge in [-0.05, 0) is 0 Å². The standard InChI is InChI=1S/C8H10N2O3/c1-2-6(11)9-5-10-7(12)3-4-8(10)13/h3-4H,2,5H2,1H3,(H,9,11). The molecule has 1 aliphatic heterocycles. The number of amides is 3. The fourth-order valence-electron chi connectivity index (χ4n) is 0.879. The molecule has 0 aliphatic carbocycles. The number of hydrogen-bond donors (Lipinski definition) is 1. The topological polar surface area (TPSA) is 66.5 Å². The molecule has 0 unspecified atom stereocenters. The molecule has 5 heteroatoms. The molecule has 0 aromatic rings. The van der Waals surface area contributed by atoms with Crippen LogP contribution in [0.3, 0.4) is 0 Å². The van der Waals surface area contributed by atoms with Crippen LogP contribution in [0.2, 0.25) is 0 Å². The van der Waals surface area contributed by atoms with Gasteiger partial charge in [-0.15, -0.1) is 0 Å². The van der Waals surface area contributed by atoms with E-state index < -0.39 is 0 Å². The predicted octanol–water partition coefficient (Wildman–Crippen LogP) is -0.605. The first-order valence-electron chi connectivity index (χ1n) is 3.95.